The minimum absolute atomic E-state index is 0.292. The minimum Gasteiger partial charge on any atom is -0.327 e. The van der Waals surface area contributed by atoms with Crippen molar-refractivity contribution in [1.82, 2.24) is 0 Å². The standard InChI is InChI=1S/C12H18IN/c1-3-4-12(14)9(2)10-5-7-11(13)8-6-10/h5-9,12H,3-4,14H2,1-2H3. The van der Waals surface area contributed by atoms with Crippen molar-refractivity contribution < 1.29 is 0 Å². The quantitative estimate of drug-likeness (QED) is 0.846. The topological polar surface area (TPSA) is 26.0 Å². The molecule has 2 N–H and O–H groups in total. The van der Waals surface area contributed by atoms with Crippen LogP contribution in [-0.2, 0) is 0 Å². The lowest BCUT2D eigenvalue weighted by Gasteiger charge is -2.19. The third-order valence-electron chi connectivity index (χ3n) is 2.66. The van der Waals surface area contributed by atoms with Crippen molar-refractivity contribution >= 4 is 22.6 Å². The fourth-order valence-electron chi connectivity index (χ4n) is 1.60. The Morgan fingerprint density at radius 3 is 2.36 bits per heavy atom. The molecule has 0 aromatic heterocycles. The van der Waals surface area contributed by atoms with Crippen molar-refractivity contribution in [3.63, 3.8) is 0 Å². The van der Waals surface area contributed by atoms with Gasteiger partial charge in [-0.15, -0.1) is 0 Å². The molecule has 0 aliphatic rings. The van der Waals surface area contributed by atoms with E-state index < -0.39 is 0 Å². The molecule has 0 aliphatic carbocycles. The van der Waals surface area contributed by atoms with E-state index in [0.29, 0.717) is 12.0 Å². The third-order valence-corrected chi connectivity index (χ3v) is 3.38. The van der Waals surface area contributed by atoms with Crippen LogP contribution in [0.25, 0.3) is 0 Å². The second-order valence-electron chi connectivity index (χ2n) is 3.79. The molecule has 2 unspecified atom stereocenters. The highest BCUT2D eigenvalue weighted by Gasteiger charge is 2.13. The van der Waals surface area contributed by atoms with Crippen LogP contribution < -0.4 is 5.73 Å². The molecule has 0 spiro atoms. The van der Waals surface area contributed by atoms with Crippen molar-refractivity contribution in [3.05, 3.63) is 33.4 Å². The van der Waals surface area contributed by atoms with Crippen LogP contribution in [0.4, 0.5) is 0 Å². The lowest BCUT2D eigenvalue weighted by molar-refractivity contribution is 0.522. The van der Waals surface area contributed by atoms with Crippen LogP contribution in [-0.4, -0.2) is 6.04 Å². The third kappa shape index (κ3) is 3.24. The molecule has 0 radical (unpaired) electrons. The van der Waals surface area contributed by atoms with Crippen LogP contribution in [0.15, 0.2) is 24.3 Å². The Kier molecular flexibility index (Phi) is 4.89. The molecule has 1 rings (SSSR count). The van der Waals surface area contributed by atoms with Gasteiger partial charge in [0.05, 0.1) is 0 Å². The van der Waals surface area contributed by atoms with Gasteiger partial charge in [0.25, 0.3) is 0 Å². The van der Waals surface area contributed by atoms with E-state index in [4.69, 9.17) is 5.73 Å². The van der Waals surface area contributed by atoms with E-state index in [9.17, 15) is 0 Å². The molecular weight excluding hydrogens is 285 g/mol. The summed E-state index contributed by atoms with van der Waals surface area (Å²) in [6, 6.07) is 8.94. The molecule has 14 heavy (non-hydrogen) atoms. The predicted molar refractivity (Wildman–Crippen MR) is 70.5 cm³/mol. The second-order valence-corrected chi connectivity index (χ2v) is 5.04. The molecule has 1 aromatic carbocycles. The van der Waals surface area contributed by atoms with Gasteiger partial charge >= 0.3 is 0 Å². The van der Waals surface area contributed by atoms with E-state index in [-0.39, 0.29) is 0 Å². The SMILES string of the molecule is CCCC(N)C(C)c1ccc(I)cc1. The zero-order valence-corrected chi connectivity index (χ0v) is 11.0. The van der Waals surface area contributed by atoms with Crippen LogP contribution in [0.3, 0.4) is 0 Å². The fourth-order valence-corrected chi connectivity index (χ4v) is 1.96. The second kappa shape index (κ2) is 5.71. The summed E-state index contributed by atoms with van der Waals surface area (Å²) in [6.07, 6.45) is 2.27. The minimum atomic E-state index is 0.292. The van der Waals surface area contributed by atoms with Crippen LogP contribution >= 0.6 is 22.6 Å². The van der Waals surface area contributed by atoms with Gasteiger partial charge in [0.1, 0.15) is 0 Å². The van der Waals surface area contributed by atoms with Crippen LogP contribution in [0.5, 0.6) is 0 Å². The predicted octanol–water partition coefficient (Wildman–Crippen LogP) is 3.52. The summed E-state index contributed by atoms with van der Waals surface area (Å²) >= 11 is 2.32. The van der Waals surface area contributed by atoms with Gasteiger partial charge in [-0.2, -0.15) is 0 Å². The van der Waals surface area contributed by atoms with Gasteiger partial charge in [-0.3, -0.25) is 0 Å². The average molecular weight is 303 g/mol. The van der Waals surface area contributed by atoms with E-state index in [0.717, 1.165) is 12.8 Å². The summed E-state index contributed by atoms with van der Waals surface area (Å²) in [5, 5.41) is 0. The summed E-state index contributed by atoms with van der Waals surface area (Å²) in [7, 11) is 0. The van der Waals surface area contributed by atoms with Crippen LogP contribution in [0, 0.1) is 3.57 Å². The Morgan fingerprint density at radius 1 is 1.29 bits per heavy atom. The maximum Gasteiger partial charge on any atom is 0.0130 e. The normalized spacial score (nSPS) is 15.1. The molecule has 0 saturated heterocycles. The molecule has 1 nitrogen and oxygen atoms in total. The van der Waals surface area contributed by atoms with Gasteiger partial charge in [-0.05, 0) is 52.6 Å². The van der Waals surface area contributed by atoms with Crippen molar-refractivity contribution in [2.75, 3.05) is 0 Å². The van der Waals surface area contributed by atoms with Crippen molar-refractivity contribution in [2.45, 2.75) is 38.6 Å². The first-order valence-electron chi connectivity index (χ1n) is 5.16. The summed E-state index contributed by atoms with van der Waals surface area (Å²) in [5.74, 6) is 0.465. The maximum atomic E-state index is 6.10. The van der Waals surface area contributed by atoms with E-state index in [1.54, 1.807) is 0 Å². The van der Waals surface area contributed by atoms with Gasteiger partial charge in [0, 0.05) is 9.61 Å². The Balaban J connectivity index is 2.68. The van der Waals surface area contributed by atoms with Crippen molar-refractivity contribution in [3.8, 4) is 0 Å². The average Bonchev–Trinajstić information content (AvgIpc) is 2.18. The molecular formula is C12H18IN. The number of hydrogen-bond acceptors (Lipinski definition) is 1. The van der Waals surface area contributed by atoms with Gasteiger partial charge in [0.15, 0.2) is 0 Å². The lowest BCUT2D eigenvalue weighted by atomic mass is 9.91. The number of nitrogens with two attached hydrogens (primary N) is 1. The number of rotatable bonds is 4. The molecule has 78 valence electrons. The first-order chi connectivity index (χ1) is 6.65. The monoisotopic (exact) mass is 303 g/mol. The molecule has 2 atom stereocenters. The highest BCUT2D eigenvalue weighted by atomic mass is 127. The summed E-state index contributed by atoms with van der Waals surface area (Å²) in [4.78, 5) is 0. The zero-order chi connectivity index (χ0) is 10.6. The zero-order valence-electron chi connectivity index (χ0n) is 8.83. The molecule has 0 bridgehead atoms. The highest BCUT2D eigenvalue weighted by Crippen LogP contribution is 2.21. The van der Waals surface area contributed by atoms with Crippen LogP contribution in [0.1, 0.15) is 38.2 Å². The first kappa shape index (κ1) is 12.0. The molecule has 0 amide bonds. The largest absolute Gasteiger partial charge is 0.327 e. The molecule has 0 heterocycles. The molecule has 0 saturated carbocycles. The molecule has 0 aliphatic heterocycles. The van der Waals surface area contributed by atoms with E-state index in [2.05, 4.69) is 60.7 Å². The van der Waals surface area contributed by atoms with Gasteiger partial charge in [0.2, 0.25) is 0 Å². The van der Waals surface area contributed by atoms with Gasteiger partial charge in [-0.25, -0.2) is 0 Å². The Bertz CT molecular complexity index is 268. The van der Waals surface area contributed by atoms with Crippen molar-refractivity contribution in [2.24, 2.45) is 5.73 Å². The maximum absolute atomic E-state index is 6.10. The summed E-state index contributed by atoms with van der Waals surface area (Å²) in [6.45, 7) is 4.39. The van der Waals surface area contributed by atoms with Gasteiger partial charge < -0.3 is 5.73 Å². The Labute approximate surface area is 100 Å². The summed E-state index contributed by atoms with van der Waals surface area (Å²) < 4.78 is 1.28. The molecule has 1 aromatic rings. The van der Waals surface area contributed by atoms with E-state index in [1.807, 2.05) is 0 Å². The Hall–Kier alpha value is -0.0900. The number of benzene rings is 1. The number of hydrogen-bond donors (Lipinski definition) is 1. The highest BCUT2D eigenvalue weighted by molar-refractivity contribution is 14.1. The smallest absolute Gasteiger partial charge is 0.0130 e. The number of halogens is 1. The summed E-state index contributed by atoms with van der Waals surface area (Å²) in [5.41, 5.74) is 7.45. The lowest BCUT2D eigenvalue weighted by Crippen LogP contribution is -2.26. The van der Waals surface area contributed by atoms with Gasteiger partial charge in [-0.1, -0.05) is 32.4 Å². The molecule has 0 fully saturated rings. The van der Waals surface area contributed by atoms with Crippen LogP contribution in [0.2, 0.25) is 0 Å². The van der Waals surface area contributed by atoms with E-state index >= 15 is 0 Å². The van der Waals surface area contributed by atoms with Crippen molar-refractivity contribution in [1.29, 1.82) is 0 Å². The first-order valence-corrected chi connectivity index (χ1v) is 6.24. The van der Waals surface area contributed by atoms with E-state index in [1.165, 1.54) is 9.13 Å². The molecule has 2 heteroatoms. The fraction of sp³-hybridized carbons (Fsp3) is 0.500. The Morgan fingerprint density at radius 2 is 1.86 bits per heavy atom.